The van der Waals surface area contributed by atoms with Gasteiger partial charge in [0.1, 0.15) is 6.61 Å². The first-order valence-electron chi connectivity index (χ1n) is 5.31. The molecule has 1 atom stereocenters. The molecule has 0 aromatic heterocycles. The maximum atomic E-state index is 11.2. The Kier molecular flexibility index (Phi) is 8.46. The summed E-state index contributed by atoms with van der Waals surface area (Å²) in [6, 6.07) is 0. The highest BCUT2D eigenvalue weighted by Gasteiger charge is 2.12. The van der Waals surface area contributed by atoms with Crippen LogP contribution in [0.1, 0.15) is 13.8 Å². The molecule has 0 saturated carbocycles. The van der Waals surface area contributed by atoms with Crippen LogP contribution < -0.4 is 11.1 Å². The van der Waals surface area contributed by atoms with Crippen molar-refractivity contribution in [1.82, 2.24) is 5.32 Å². The van der Waals surface area contributed by atoms with Crippen molar-refractivity contribution >= 4 is 11.9 Å². The fourth-order valence-electron chi connectivity index (χ4n) is 1.00. The summed E-state index contributed by atoms with van der Waals surface area (Å²) in [5, 5.41) is 3.02. The van der Waals surface area contributed by atoms with Gasteiger partial charge in [-0.15, -0.1) is 0 Å². The minimum absolute atomic E-state index is 0.0743. The molecule has 1 unspecified atom stereocenters. The van der Waals surface area contributed by atoms with Crippen LogP contribution in [0, 0.1) is 5.92 Å². The van der Waals surface area contributed by atoms with Crippen LogP contribution in [0.3, 0.4) is 0 Å². The Morgan fingerprint density at radius 3 is 2.69 bits per heavy atom. The van der Waals surface area contributed by atoms with Gasteiger partial charge in [-0.1, -0.05) is 6.92 Å². The number of carbonyl (C=O) groups is 2. The second kappa shape index (κ2) is 9.11. The zero-order chi connectivity index (χ0) is 12.4. The monoisotopic (exact) mass is 232 g/mol. The third-order valence-corrected chi connectivity index (χ3v) is 1.81. The highest BCUT2D eigenvalue weighted by atomic mass is 16.5. The average Bonchev–Trinajstić information content (AvgIpc) is 2.22. The molecule has 16 heavy (non-hydrogen) atoms. The van der Waals surface area contributed by atoms with Gasteiger partial charge in [0.05, 0.1) is 19.1 Å². The number of amides is 1. The van der Waals surface area contributed by atoms with Gasteiger partial charge in [0, 0.05) is 13.1 Å². The van der Waals surface area contributed by atoms with Crippen LogP contribution in [0.4, 0.5) is 0 Å². The molecular weight excluding hydrogens is 212 g/mol. The van der Waals surface area contributed by atoms with Crippen LogP contribution in [0.25, 0.3) is 0 Å². The first kappa shape index (κ1) is 14.9. The minimum atomic E-state index is -0.486. The molecule has 0 radical (unpaired) electrons. The summed E-state index contributed by atoms with van der Waals surface area (Å²) in [5.74, 6) is -0.885. The van der Waals surface area contributed by atoms with Crippen LogP contribution >= 0.6 is 0 Å². The molecule has 1 amide bonds. The van der Waals surface area contributed by atoms with Crippen LogP contribution in [0.15, 0.2) is 0 Å². The van der Waals surface area contributed by atoms with Crippen LogP contribution in [0.2, 0.25) is 0 Å². The van der Waals surface area contributed by atoms with Gasteiger partial charge in [-0.25, -0.2) is 0 Å². The van der Waals surface area contributed by atoms with Crippen molar-refractivity contribution in [2.24, 2.45) is 11.7 Å². The molecule has 0 rings (SSSR count). The summed E-state index contributed by atoms with van der Waals surface area (Å²) in [5.41, 5.74) is 4.88. The zero-order valence-electron chi connectivity index (χ0n) is 9.82. The van der Waals surface area contributed by atoms with Crippen molar-refractivity contribution in [3.8, 4) is 0 Å². The molecule has 0 aromatic rings. The van der Waals surface area contributed by atoms with Crippen molar-refractivity contribution in [2.75, 3.05) is 32.9 Å². The molecule has 6 heteroatoms. The largest absolute Gasteiger partial charge is 0.466 e. The second-order valence-corrected chi connectivity index (χ2v) is 3.38. The van der Waals surface area contributed by atoms with E-state index in [2.05, 4.69) is 5.32 Å². The molecule has 0 bridgehead atoms. The Balaban J connectivity index is 3.37. The van der Waals surface area contributed by atoms with Gasteiger partial charge < -0.3 is 20.5 Å². The first-order chi connectivity index (χ1) is 7.57. The molecule has 0 saturated heterocycles. The van der Waals surface area contributed by atoms with Crippen molar-refractivity contribution < 1.29 is 19.1 Å². The van der Waals surface area contributed by atoms with Gasteiger partial charge >= 0.3 is 5.97 Å². The third-order valence-electron chi connectivity index (χ3n) is 1.81. The quantitative estimate of drug-likeness (QED) is 0.404. The molecular formula is C10H20N2O4. The average molecular weight is 232 g/mol. The fourth-order valence-corrected chi connectivity index (χ4v) is 1.00. The minimum Gasteiger partial charge on any atom is -0.466 e. The Hall–Kier alpha value is -1.14. The molecule has 0 aromatic carbocycles. The fraction of sp³-hybridized carbons (Fsp3) is 0.800. The van der Waals surface area contributed by atoms with E-state index < -0.39 is 5.91 Å². The summed E-state index contributed by atoms with van der Waals surface area (Å²) >= 11 is 0. The molecule has 0 aliphatic rings. The number of nitrogens with one attached hydrogen (secondary N) is 1. The maximum absolute atomic E-state index is 11.2. The van der Waals surface area contributed by atoms with E-state index in [1.807, 2.05) is 0 Å². The second-order valence-electron chi connectivity index (χ2n) is 3.38. The van der Waals surface area contributed by atoms with Crippen LogP contribution in [0.5, 0.6) is 0 Å². The Morgan fingerprint density at radius 2 is 2.12 bits per heavy atom. The summed E-state index contributed by atoms with van der Waals surface area (Å²) in [7, 11) is 0. The number of esters is 1. The number of rotatable bonds is 9. The van der Waals surface area contributed by atoms with E-state index in [9.17, 15) is 9.59 Å². The third kappa shape index (κ3) is 8.19. The molecule has 6 nitrogen and oxygen atoms in total. The summed E-state index contributed by atoms with van der Waals surface area (Å²) in [6.07, 6.45) is 0. The zero-order valence-corrected chi connectivity index (χ0v) is 9.82. The van der Waals surface area contributed by atoms with Crippen LogP contribution in [-0.4, -0.2) is 44.8 Å². The number of nitrogens with two attached hydrogens (primary N) is 1. The topological polar surface area (TPSA) is 90.7 Å². The Bertz CT molecular complexity index is 221. The molecule has 94 valence electrons. The summed E-state index contributed by atoms with van der Waals surface area (Å²) in [4.78, 5) is 21.5. The lowest BCUT2D eigenvalue weighted by atomic mass is 10.2. The number of ether oxygens (including phenoxy) is 2. The lowest BCUT2D eigenvalue weighted by Gasteiger charge is -2.11. The van der Waals surface area contributed by atoms with Gasteiger partial charge in [-0.05, 0) is 6.92 Å². The van der Waals surface area contributed by atoms with Gasteiger partial charge in [0.2, 0.25) is 5.91 Å². The van der Waals surface area contributed by atoms with Gasteiger partial charge in [0.25, 0.3) is 0 Å². The van der Waals surface area contributed by atoms with E-state index >= 15 is 0 Å². The molecule has 3 N–H and O–H groups in total. The van der Waals surface area contributed by atoms with E-state index in [4.69, 9.17) is 15.2 Å². The van der Waals surface area contributed by atoms with E-state index in [0.717, 1.165) is 0 Å². The first-order valence-corrected chi connectivity index (χ1v) is 5.31. The molecule has 0 aliphatic carbocycles. The van der Waals surface area contributed by atoms with E-state index in [1.54, 1.807) is 13.8 Å². The lowest BCUT2D eigenvalue weighted by molar-refractivity contribution is -0.147. The summed E-state index contributed by atoms with van der Waals surface area (Å²) in [6.45, 7) is 5.36. The van der Waals surface area contributed by atoms with Crippen molar-refractivity contribution in [3.05, 3.63) is 0 Å². The standard InChI is InChI=1S/C10H20N2O4/c1-3-16-10(14)8(2)6-12-4-5-15-7-9(11)13/h8,12H,3-7H2,1-2H3,(H2,11,13). The predicted octanol–water partition coefficient (Wildman–Crippen LogP) is -0.723. The predicted molar refractivity (Wildman–Crippen MR) is 58.7 cm³/mol. The number of hydrogen-bond donors (Lipinski definition) is 2. The normalized spacial score (nSPS) is 12.1. The molecule has 0 aliphatic heterocycles. The summed E-state index contributed by atoms with van der Waals surface area (Å²) < 4.78 is 9.77. The van der Waals surface area contributed by atoms with Gasteiger partial charge in [0.15, 0.2) is 0 Å². The van der Waals surface area contributed by atoms with Crippen molar-refractivity contribution in [2.45, 2.75) is 13.8 Å². The van der Waals surface area contributed by atoms with E-state index in [1.165, 1.54) is 0 Å². The van der Waals surface area contributed by atoms with E-state index in [0.29, 0.717) is 26.3 Å². The molecule has 0 fully saturated rings. The SMILES string of the molecule is CCOC(=O)C(C)CNCCOCC(N)=O. The number of primary amides is 1. The molecule has 0 heterocycles. The smallest absolute Gasteiger partial charge is 0.309 e. The molecule has 0 spiro atoms. The Morgan fingerprint density at radius 1 is 1.44 bits per heavy atom. The van der Waals surface area contributed by atoms with Crippen molar-refractivity contribution in [1.29, 1.82) is 0 Å². The lowest BCUT2D eigenvalue weighted by Crippen LogP contribution is -2.31. The van der Waals surface area contributed by atoms with Gasteiger partial charge in [-0.2, -0.15) is 0 Å². The highest BCUT2D eigenvalue weighted by molar-refractivity contribution is 5.75. The van der Waals surface area contributed by atoms with Crippen LogP contribution in [-0.2, 0) is 19.1 Å². The van der Waals surface area contributed by atoms with E-state index in [-0.39, 0.29) is 18.5 Å². The number of hydrogen-bond acceptors (Lipinski definition) is 5. The van der Waals surface area contributed by atoms with Gasteiger partial charge in [-0.3, -0.25) is 9.59 Å². The Labute approximate surface area is 95.5 Å². The highest BCUT2D eigenvalue weighted by Crippen LogP contribution is 1.96. The van der Waals surface area contributed by atoms with Crippen molar-refractivity contribution in [3.63, 3.8) is 0 Å². The maximum Gasteiger partial charge on any atom is 0.309 e. The number of carbonyl (C=O) groups excluding carboxylic acids is 2.